The molecule has 1 heterocycles. The fourth-order valence-corrected chi connectivity index (χ4v) is 3.18. The summed E-state index contributed by atoms with van der Waals surface area (Å²) in [5.41, 5.74) is 2.35. The van der Waals surface area contributed by atoms with Gasteiger partial charge in [0.1, 0.15) is 11.5 Å². The van der Waals surface area contributed by atoms with Gasteiger partial charge in [0.15, 0.2) is 0 Å². The molecule has 1 aromatic heterocycles. The van der Waals surface area contributed by atoms with E-state index in [4.69, 9.17) is 14.5 Å². The second-order valence-corrected chi connectivity index (χ2v) is 6.94. The molecule has 0 N–H and O–H groups in total. The molecule has 0 aliphatic rings. The fraction of sp³-hybridized carbons (Fsp3) is 0.292. The van der Waals surface area contributed by atoms with Crippen LogP contribution in [0.4, 0.5) is 0 Å². The van der Waals surface area contributed by atoms with Gasteiger partial charge in [-0.05, 0) is 61.1 Å². The summed E-state index contributed by atoms with van der Waals surface area (Å²) in [5, 5.41) is 0. The lowest BCUT2D eigenvalue weighted by molar-refractivity contribution is 0.340. The van der Waals surface area contributed by atoms with E-state index in [0.29, 0.717) is 24.3 Å². The summed E-state index contributed by atoms with van der Waals surface area (Å²) in [6.07, 6.45) is 0.873. The SMILES string of the molecule is CCOc1ccc(C(Cc2cccc(Oc3ccccc3)n2)C(C)C)cc1. The Morgan fingerprint density at radius 2 is 1.56 bits per heavy atom. The van der Waals surface area contributed by atoms with Crippen molar-refractivity contribution in [3.05, 3.63) is 84.1 Å². The Hall–Kier alpha value is -2.81. The summed E-state index contributed by atoms with van der Waals surface area (Å²) in [5.74, 6) is 3.24. The quantitative estimate of drug-likeness (QED) is 0.475. The minimum atomic E-state index is 0.389. The van der Waals surface area contributed by atoms with Crippen LogP contribution in [0.1, 0.15) is 37.9 Å². The highest BCUT2D eigenvalue weighted by atomic mass is 16.5. The van der Waals surface area contributed by atoms with Gasteiger partial charge in [-0.2, -0.15) is 0 Å². The van der Waals surface area contributed by atoms with Crippen LogP contribution in [0.15, 0.2) is 72.8 Å². The molecule has 3 heteroatoms. The Labute approximate surface area is 162 Å². The van der Waals surface area contributed by atoms with E-state index in [-0.39, 0.29) is 0 Å². The number of hydrogen-bond donors (Lipinski definition) is 0. The first-order chi connectivity index (χ1) is 13.2. The number of para-hydroxylation sites is 1. The van der Waals surface area contributed by atoms with Crippen LogP contribution in [0.3, 0.4) is 0 Å². The maximum Gasteiger partial charge on any atom is 0.219 e. The van der Waals surface area contributed by atoms with E-state index >= 15 is 0 Å². The topological polar surface area (TPSA) is 31.4 Å². The maximum atomic E-state index is 5.88. The Bertz CT molecular complexity index is 829. The van der Waals surface area contributed by atoms with Gasteiger partial charge in [0.2, 0.25) is 5.88 Å². The number of ether oxygens (including phenoxy) is 2. The lowest BCUT2D eigenvalue weighted by atomic mass is 9.84. The molecule has 0 aliphatic carbocycles. The third kappa shape index (κ3) is 5.33. The fourth-order valence-electron chi connectivity index (χ4n) is 3.18. The van der Waals surface area contributed by atoms with Crippen molar-refractivity contribution in [2.24, 2.45) is 5.92 Å². The van der Waals surface area contributed by atoms with Gasteiger partial charge >= 0.3 is 0 Å². The van der Waals surface area contributed by atoms with Gasteiger partial charge in [0.25, 0.3) is 0 Å². The number of hydrogen-bond acceptors (Lipinski definition) is 3. The lowest BCUT2D eigenvalue weighted by Gasteiger charge is -2.21. The van der Waals surface area contributed by atoms with E-state index in [1.165, 1.54) is 5.56 Å². The highest BCUT2D eigenvalue weighted by molar-refractivity contribution is 5.31. The van der Waals surface area contributed by atoms with Crippen LogP contribution in [0.25, 0.3) is 0 Å². The predicted molar refractivity (Wildman–Crippen MR) is 110 cm³/mol. The van der Waals surface area contributed by atoms with E-state index in [0.717, 1.165) is 23.6 Å². The molecule has 27 heavy (non-hydrogen) atoms. The van der Waals surface area contributed by atoms with Crippen LogP contribution in [0, 0.1) is 5.92 Å². The second kappa shape index (κ2) is 9.22. The normalized spacial score (nSPS) is 12.0. The van der Waals surface area contributed by atoms with E-state index in [1.54, 1.807) is 0 Å². The molecule has 1 unspecified atom stereocenters. The van der Waals surface area contributed by atoms with Crippen LogP contribution in [0.2, 0.25) is 0 Å². The number of nitrogens with zero attached hydrogens (tertiary/aromatic N) is 1. The molecule has 140 valence electrons. The predicted octanol–water partition coefficient (Wildman–Crippen LogP) is 6.25. The van der Waals surface area contributed by atoms with Crippen molar-refractivity contribution in [1.29, 1.82) is 0 Å². The molecular formula is C24H27NO2. The van der Waals surface area contributed by atoms with Gasteiger partial charge in [-0.1, -0.05) is 50.2 Å². The minimum absolute atomic E-state index is 0.389. The molecule has 0 aliphatic heterocycles. The summed E-state index contributed by atoms with van der Waals surface area (Å²) < 4.78 is 11.4. The molecule has 0 bridgehead atoms. The summed E-state index contributed by atoms with van der Waals surface area (Å²) in [6.45, 7) is 7.20. The van der Waals surface area contributed by atoms with E-state index in [2.05, 4.69) is 44.2 Å². The molecule has 3 rings (SSSR count). The standard InChI is InChI=1S/C24H27NO2/c1-4-26-21-15-13-19(14-16-21)23(18(2)3)17-20-9-8-12-24(25-20)27-22-10-6-5-7-11-22/h5-16,18,23H,4,17H2,1-3H3. The number of rotatable bonds is 8. The van der Waals surface area contributed by atoms with E-state index in [1.807, 2.05) is 49.4 Å². The average Bonchev–Trinajstić information content (AvgIpc) is 2.68. The second-order valence-electron chi connectivity index (χ2n) is 6.94. The monoisotopic (exact) mass is 361 g/mol. The molecular weight excluding hydrogens is 334 g/mol. The molecule has 2 aromatic carbocycles. The van der Waals surface area contributed by atoms with E-state index < -0.39 is 0 Å². The van der Waals surface area contributed by atoms with Crippen LogP contribution >= 0.6 is 0 Å². The first-order valence-electron chi connectivity index (χ1n) is 9.57. The third-order valence-corrected chi connectivity index (χ3v) is 4.60. The zero-order valence-electron chi connectivity index (χ0n) is 16.3. The Kier molecular flexibility index (Phi) is 6.48. The van der Waals surface area contributed by atoms with Gasteiger partial charge < -0.3 is 9.47 Å². The zero-order valence-corrected chi connectivity index (χ0v) is 16.3. The van der Waals surface area contributed by atoms with Gasteiger partial charge in [-0.25, -0.2) is 4.98 Å². The van der Waals surface area contributed by atoms with Gasteiger partial charge in [-0.3, -0.25) is 0 Å². The van der Waals surface area contributed by atoms with Crippen molar-refractivity contribution in [2.75, 3.05) is 6.61 Å². The molecule has 0 spiro atoms. The number of pyridine rings is 1. The zero-order chi connectivity index (χ0) is 19.1. The number of benzene rings is 2. The van der Waals surface area contributed by atoms with Crippen LogP contribution in [-0.2, 0) is 6.42 Å². The van der Waals surface area contributed by atoms with Gasteiger partial charge in [-0.15, -0.1) is 0 Å². The molecule has 0 saturated carbocycles. The minimum Gasteiger partial charge on any atom is -0.494 e. The van der Waals surface area contributed by atoms with Crippen molar-refractivity contribution in [3.8, 4) is 17.4 Å². The molecule has 3 nitrogen and oxygen atoms in total. The van der Waals surface area contributed by atoms with Crippen molar-refractivity contribution in [3.63, 3.8) is 0 Å². The highest BCUT2D eigenvalue weighted by Crippen LogP contribution is 2.30. The van der Waals surface area contributed by atoms with Crippen molar-refractivity contribution >= 4 is 0 Å². The van der Waals surface area contributed by atoms with Crippen molar-refractivity contribution in [1.82, 2.24) is 4.98 Å². The molecule has 0 radical (unpaired) electrons. The molecule has 0 saturated heterocycles. The largest absolute Gasteiger partial charge is 0.494 e. The average molecular weight is 361 g/mol. The Morgan fingerprint density at radius 1 is 0.815 bits per heavy atom. The lowest BCUT2D eigenvalue weighted by Crippen LogP contribution is -2.11. The molecule has 1 atom stereocenters. The van der Waals surface area contributed by atoms with Crippen LogP contribution in [0.5, 0.6) is 17.4 Å². The van der Waals surface area contributed by atoms with E-state index in [9.17, 15) is 0 Å². The Balaban J connectivity index is 1.75. The first kappa shape index (κ1) is 19.0. The first-order valence-corrected chi connectivity index (χ1v) is 9.57. The molecule has 0 amide bonds. The smallest absolute Gasteiger partial charge is 0.219 e. The van der Waals surface area contributed by atoms with Gasteiger partial charge in [0.05, 0.1) is 6.61 Å². The molecule has 0 fully saturated rings. The van der Waals surface area contributed by atoms with Gasteiger partial charge in [0, 0.05) is 11.8 Å². The Morgan fingerprint density at radius 3 is 2.22 bits per heavy atom. The third-order valence-electron chi connectivity index (χ3n) is 4.60. The summed E-state index contributed by atoms with van der Waals surface area (Å²) in [7, 11) is 0. The van der Waals surface area contributed by atoms with Crippen LogP contribution < -0.4 is 9.47 Å². The molecule has 3 aromatic rings. The number of aromatic nitrogens is 1. The summed E-state index contributed by atoms with van der Waals surface area (Å²) in [6, 6.07) is 24.2. The van der Waals surface area contributed by atoms with Crippen molar-refractivity contribution < 1.29 is 9.47 Å². The van der Waals surface area contributed by atoms with Crippen molar-refractivity contribution in [2.45, 2.75) is 33.1 Å². The summed E-state index contributed by atoms with van der Waals surface area (Å²) in [4.78, 5) is 4.72. The summed E-state index contributed by atoms with van der Waals surface area (Å²) >= 11 is 0. The highest BCUT2D eigenvalue weighted by Gasteiger charge is 2.18. The van der Waals surface area contributed by atoms with Crippen LogP contribution in [-0.4, -0.2) is 11.6 Å². The maximum absolute atomic E-state index is 5.88.